The molecule has 5 heteroatoms. The Morgan fingerprint density at radius 2 is 1.70 bits per heavy atom. The van der Waals surface area contributed by atoms with Crippen molar-refractivity contribution in [3.8, 4) is 5.88 Å². The summed E-state index contributed by atoms with van der Waals surface area (Å²) < 4.78 is 13.8. The molecule has 3 rings (SSSR count). The largest absolute Gasteiger partial charge is 0.494 e. The standard InChI is InChI=1S/C15H20BNO3/c1-14(2)15(3,4)20-16(19-14)11-6-7-12-10(8-11)9-17(5)13(12)18/h6-9,18H,1-5H3. The molecule has 0 radical (unpaired) electrons. The molecular formula is C15H20BNO3. The summed E-state index contributed by atoms with van der Waals surface area (Å²) in [6.45, 7) is 8.17. The van der Waals surface area contributed by atoms with E-state index in [0.29, 0.717) is 0 Å². The summed E-state index contributed by atoms with van der Waals surface area (Å²) >= 11 is 0. The van der Waals surface area contributed by atoms with Gasteiger partial charge in [0.15, 0.2) is 5.88 Å². The van der Waals surface area contributed by atoms with E-state index < -0.39 is 0 Å². The molecule has 1 saturated heterocycles. The van der Waals surface area contributed by atoms with E-state index in [2.05, 4.69) is 0 Å². The van der Waals surface area contributed by atoms with Crippen molar-refractivity contribution in [1.82, 2.24) is 4.57 Å². The van der Waals surface area contributed by atoms with Crippen LogP contribution in [0.2, 0.25) is 0 Å². The Morgan fingerprint density at radius 1 is 1.10 bits per heavy atom. The van der Waals surface area contributed by atoms with Gasteiger partial charge in [-0.1, -0.05) is 12.1 Å². The van der Waals surface area contributed by atoms with Crippen LogP contribution in [0.5, 0.6) is 5.88 Å². The molecule has 1 aliphatic rings. The highest BCUT2D eigenvalue weighted by atomic mass is 16.7. The van der Waals surface area contributed by atoms with Gasteiger partial charge in [0.05, 0.1) is 11.2 Å². The van der Waals surface area contributed by atoms with Crippen molar-refractivity contribution in [3.05, 3.63) is 24.4 Å². The molecule has 1 N–H and O–H groups in total. The van der Waals surface area contributed by atoms with Crippen LogP contribution in [0.1, 0.15) is 27.7 Å². The third-order valence-corrected chi connectivity index (χ3v) is 4.51. The summed E-state index contributed by atoms with van der Waals surface area (Å²) in [6.07, 6.45) is 1.90. The molecule has 0 amide bonds. The maximum atomic E-state index is 9.92. The third-order valence-electron chi connectivity index (χ3n) is 4.51. The highest BCUT2D eigenvalue weighted by Gasteiger charge is 2.51. The van der Waals surface area contributed by atoms with Crippen LogP contribution in [0.4, 0.5) is 0 Å². The molecule has 2 heterocycles. The van der Waals surface area contributed by atoms with E-state index in [9.17, 15) is 5.11 Å². The highest BCUT2D eigenvalue weighted by molar-refractivity contribution is 6.62. The van der Waals surface area contributed by atoms with Gasteiger partial charge >= 0.3 is 7.12 Å². The average Bonchev–Trinajstić information content (AvgIpc) is 2.74. The number of hydrogen-bond donors (Lipinski definition) is 1. The number of benzene rings is 1. The molecule has 0 bridgehead atoms. The van der Waals surface area contributed by atoms with Crippen LogP contribution in [0.3, 0.4) is 0 Å². The number of fused-ring (bicyclic) bond motifs is 1. The third kappa shape index (κ3) is 1.85. The average molecular weight is 273 g/mol. The molecule has 0 aliphatic carbocycles. The van der Waals surface area contributed by atoms with Crippen LogP contribution >= 0.6 is 0 Å². The Kier molecular flexibility index (Phi) is 2.72. The van der Waals surface area contributed by atoms with Gasteiger partial charge in [0, 0.05) is 24.0 Å². The molecular weight excluding hydrogens is 253 g/mol. The van der Waals surface area contributed by atoms with Crippen molar-refractivity contribution in [2.75, 3.05) is 0 Å². The first-order valence-corrected chi connectivity index (χ1v) is 6.85. The molecule has 0 atom stereocenters. The Morgan fingerprint density at radius 3 is 2.30 bits per heavy atom. The van der Waals surface area contributed by atoms with Crippen LogP contribution in [0.15, 0.2) is 24.4 Å². The van der Waals surface area contributed by atoms with Gasteiger partial charge in [0.2, 0.25) is 0 Å². The maximum absolute atomic E-state index is 9.92. The van der Waals surface area contributed by atoms with Gasteiger partial charge in [-0.2, -0.15) is 0 Å². The minimum atomic E-state index is -0.369. The van der Waals surface area contributed by atoms with Gasteiger partial charge in [-0.3, -0.25) is 0 Å². The van der Waals surface area contributed by atoms with E-state index in [4.69, 9.17) is 9.31 Å². The number of rotatable bonds is 1. The second-order valence-corrected chi connectivity index (χ2v) is 6.50. The molecule has 1 aromatic carbocycles. The summed E-state index contributed by atoms with van der Waals surface area (Å²) in [4.78, 5) is 0. The van der Waals surface area contributed by atoms with Crippen molar-refractivity contribution in [2.24, 2.45) is 7.05 Å². The fourth-order valence-corrected chi connectivity index (χ4v) is 2.48. The van der Waals surface area contributed by atoms with Crippen molar-refractivity contribution < 1.29 is 14.4 Å². The summed E-state index contributed by atoms with van der Waals surface area (Å²) in [7, 11) is 1.45. The Hall–Kier alpha value is -1.46. The summed E-state index contributed by atoms with van der Waals surface area (Å²) in [5.74, 6) is 0.278. The maximum Gasteiger partial charge on any atom is 0.494 e. The second-order valence-electron chi connectivity index (χ2n) is 6.50. The molecule has 2 aromatic rings. The summed E-state index contributed by atoms with van der Waals surface area (Å²) in [6, 6.07) is 5.87. The lowest BCUT2D eigenvalue weighted by atomic mass is 9.78. The number of aryl methyl sites for hydroxylation is 1. The first-order valence-electron chi connectivity index (χ1n) is 6.85. The number of aromatic hydroxyl groups is 1. The van der Waals surface area contributed by atoms with E-state index in [-0.39, 0.29) is 24.2 Å². The minimum absolute atomic E-state index is 0.278. The zero-order valence-electron chi connectivity index (χ0n) is 12.6. The summed E-state index contributed by atoms with van der Waals surface area (Å²) in [5, 5.41) is 11.7. The van der Waals surface area contributed by atoms with Crippen molar-refractivity contribution >= 4 is 23.4 Å². The predicted octanol–water partition coefficient (Wildman–Crippen LogP) is 2.18. The summed E-state index contributed by atoms with van der Waals surface area (Å²) in [5.41, 5.74) is 0.290. The first kappa shape index (κ1) is 13.5. The van der Waals surface area contributed by atoms with Gasteiger partial charge in [-0.15, -0.1) is 0 Å². The van der Waals surface area contributed by atoms with E-state index in [1.54, 1.807) is 4.57 Å². The molecule has 4 nitrogen and oxygen atoms in total. The van der Waals surface area contributed by atoms with Crippen molar-refractivity contribution in [3.63, 3.8) is 0 Å². The minimum Gasteiger partial charge on any atom is -0.494 e. The quantitative estimate of drug-likeness (QED) is 0.810. The number of hydrogen-bond acceptors (Lipinski definition) is 3. The molecule has 20 heavy (non-hydrogen) atoms. The van der Waals surface area contributed by atoms with Crippen LogP contribution in [0.25, 0.3) is 10.8 Å². The molecule has 1 aromatic heterocycles. The lowest BCUT2D eigenvalue weighted by Crippen LogP contribution is -2.41. The van der Waals surface area contributed by atoms with Gasteiger partial charge in [0.1, 0.15) is 0 Å². The first-order chi connectivity index (χ1) is 9.21. The zero-order valence-corrected chi connectivity index (χ0v) is 12.6. The van der Waals surface area contributed by atoms with Gasteiger partial charge < -0.3 is 19.0 Å². The van der Waals surface area contributed by atoms with Gasteiger partial charge in [-0.05, 0) is 39.2 Å². The van der Waals surface area contributed by atoms with Crippen LogP contribution in [-0.4, -0.2) is 28.0 Å². The zero-order chi connectivity index (χ0) is 14.7. The number of nitrogens with zero attached hydrogens (tertiary/aromatic N) is 1. The van der Waals surface area contributed by atoms with Crippen molar-refractivity contribution in [1.29, 1.82) is 0 Å². The smallest absolute Gasteiger partial charge is 0.494 e. The monoisotopic (exact) mass is 273 g/mol. The fraction of sp³-hybridized carbons (Fsp3) is 0.467. The van der Waals surface area contributed by atoms with Crippen LogP contribution < -0.4 is 5.46 Å². The molecule has 0 spiro atoms. The molecule has 0 saturated carbocycles. The SMILES string of the molecule is Cn1cc2cc(B3OC(C)(C)C(C)(C)O3)ccc2c1O. The lowest BCUT2D eigenvalue weighted by molar-refractivity contribution is 0.00578. The second kappa shape index (κ2) is 4.02. The highest BCUT2D eigenvalue weighted by Crippen LogP contribution is 2.36. The topological polar surface area (TPSA) is 43.6 Å². The normalized spacial score (nSPS) is 20.8. The predicted molar refractivity (Wildman–Crippen MR) is 80.3 cm³/mol. The van der Waals surface area contributed by atoms with E-state index >= 15 is 0 Å². The van der Waals surface area contributed by atoms with E-state index in [0.717, 1.165) is 16.2 Å². The molecule has 0 unspecified atom stereocenters. The van der Waals surface area contributed by atoms with Gasteiger partial charge in [0.25, 0.3) is 0 Å². The van der Waals surface area contributed by atoms with E-state index in [1.165, 1.54) is 0 Å². The Balaban J connectivity index is 2.00. The van der Waals surface area contributed by atoms with Gasteiger partial charge in [-0.25, -0.2) is 0 Å². The molecule has 106 valence electrons. The van der Waals surface area contributed by atoms with Crippen molar-refractivity contribution in [2.45, 2.75) is 38.9 Å². The van der Waals surface area contributed by atoms with Crippen LogP contribution in [-0.2, 0) is 16.4 Å². The fourth-order valence-electron chi connectivity index (χ4n) is 2.48. The van der Waals surface area contributed by atoms with E-state index in [1.807, 2.05) is 59.1 Å². The number of aromatic nitrogens is 1. The Bertz CT molecular complexity index is 659. The Labute approximate surface area is 119 Å². The molecule has 1 aliphatic heterocycles. The van der Waals surface area contributed by atoms with Crippen LogP contribution in [0, 0.1) is 0 Å². The molecule has 1 fully saturated rings. The lowest BCUT2D eigenvalue weighted by Gasteiger charge is -2.32.